The summed E-state index contributed by atoms with van der Waals surface area (Å²) in [6.45, 7) is 6.25. The second-order valence-corrected chi connectivity index (χ2v) is 7.74. The predicted octanol–water partition coefficient (Wildman–Crippen LogP) is 1.99. The highest BCUT2D eigenvalue weighted by Gasteiger charge is 2.21. The van der Waals surface area contributed by atoms with Crippen LogP contribution in [0.1, 0.15) is 27.2 Å². The van der Waals surface area contributed by atoms with Crippen LogP contribution in [0.25, 0.3) is 0 Å². The Kier molecular flexibility index (Phi) is 6.52. The van der Waals surface area contributed by atoms with Crippen molar-refractivity contribution >= 4 is 21.6 Å². The summed E-state index contributed by atoms with van der Waals surface area (Å²) >= 11 is 0. The first-order valence-corrected chi connectivity index (χ1v) is 8.55. The Hall–Kier alpha value is -1.44. The van der Waals surface area contributed by atoms with Gasteiger partial charge in [-0.15, -0.1) is 0 Å². The van der Waals surface area contributed by atoms with E-state index in [1.807, 2.05) is 20.8 Å². The van der Waals surface area contributed by atoms with E-state index in [0.717, 1.165) is 0 Å². The highest BCUT2D eigenvalue weighted by molar-refractivity contribution is 7.89. The van der Waals surface area contributed by atoms with Crippen LogP contribution in [0.3, 0.4) is 0 Å². The van der Waals surface area contributed by atoms with Crippen molar-refractivity contribution in [3.63, 3.8) is 0 Å². The monoisotopic (exact) mass is 328 g/mol. The van der Waals surface area contributed by atoms with Crippen molar-refractivity contribution in [1.29, 1.82) is 0 Å². The molecule has 124 valence electrons. The first-order valence-electron chi connectivity index (χ1n) is 7.07. The minimum atomic E-state index is -3.53. The number of amides is 1. The van der Waals surface area contributed by atoms with Crippen LogP contribution in [0.5, 0.6) is 0 Å². The summed E-state index contributed by atoms with van der Waals surface area (Å²) < 4.78 is 31.5. The summed E-state index contributed by atoms with van der Waals surface area (Å²) in [4.78, 5) is 12.0. The van der Waals surface area contributed by atoms with Gasteiger partial charge in [0.2, 0.25) is 15.9 Å². The van der Waals surface area contributed by atoms with Gasteiger partial charge >= 0.3 is 0 Å². The van der Waals surface area contributed by atoms with Crippen LogP contribution in [0.15, 0.2) is 29.2 Å². The molecule has 1 rings (SSSR count). The fraction of sp³-hybridized carbons (Fsp3) is 0.533. The molecule has 6 nitrogen and oxygen atoms in total. The lowest BCUT2D eigenvalue weighted by Gasteiger charge is -2.17. The van der Waals surface area contributed by atoms with Gasteiger partial charge in [-0.3, -0.25) is 4.79 Å². The molecule has 0 saturated heterocycles. The molecule has 1 amide bonds. The quantitative estimate of drug-likeness (QED) is 0.750. The average Bonchev–Trinajstić information content (AvgIpc) is 2.43. The van der Waals surface area contributed by atoms with E-state index in [9.17, 15) is 13.2 Å². The highest BCUT2D eigenvalue weighted by Crippen LogP contribution is 2.19. The van der Waals surface area contributed by atoms with E-state index in [0.29, 0.717) is 25.3 Å². The molecule has 0 bridgehead atoms. The maximum Gasteiger partial charge on any atom is 0.240 e. The maximum absolute atomic E-state index is 12.0. The first kappa shape index (κ1) is 18.6. The van der Waals surface area contributed by atoms with Crippen molar-refractivity contribution in [2.45, 2.75) is 32.1 Å². The fourth-order valence-electron chi connectivity index (χ4n) is 1.54. The summed E-state index contributed by atoms with van der Waals surface area (Å²) in [5, 5.41) is 2.75. The molecule has 22 heavy (non-hydrogen) atoms. The second kappa shape index (κ2) is 7.71. The third kappa shape index (κ3) is 5.75. The molecule has 0 heterocycles. The van der Waals surface area contributed by atoms with Gasteiger partial charge in [0, 0.05) is 31.4 Å². The Morgan fingerprint density at radius 2 is 1.77 bits per heavy atom. The van der Waals surface area contributed by atoms with Gasteiger partial charge in [0.05, 0.1) is 4.90 Å². The van der Waals surface area contributed by atoms with E-state index in [1.165, 1.54) is 12.1 Å². The van der Waals surface area contributed by atoms with Crippen LogP contribution in [-0.4, -0.2) is 34.6 Å². The maximum atomic E-state index is 12.0. The number of carbonyl (C=O) groups excluding carboxylic acids is 1. The van der Waals surface area contributed by atoms with Crippen molar-refractivity contribution in [2.24, 2.45) is 5.41 Å². The number of carbonyl (C=O) groups is 1. The highest BCUT2D eigenvalue weighted by atomic mass is 32.2. The number of anilines is 1. The van der Waals surface area contributed by atoms with E-state index in [1.54, 1.807) is 19.2 Å². The van der Waals surface area contributed by atoms with Gasteiger partial charge in [-0.1, -0.05) is 20.8 Å². The Bertz CT molecular complexity index is 589. The van der Waals surface area contributed by atoms with Crippen molar-refractivity contribution in [3.05, 3.63) is 24.3 Å². The number of methoxy groups -OCH3 is 1. The van der Waals surface area contributed by atoms with Crippen molar-refractivity contribution in [3.8, 4) is 0 Å². The largest absolute Gasteiger partial charge is 0.385 e. The molecule has 0 aliphatic carbocycles. The molecular formula is C15H24N2O4S. The van der Waals surface area contributed by atoms with Crippen molar-refractivity contribution in [2.75, 3.05) is 25.6 Å². The zero-order valence-corrected chi connectivity index (χ0v) is 14.3. The molecule has 0 atom stereocenters. The lowest BCUT2D eigenvalue weighted by molar-refractivity contribution is -0.123. The standard InChI is InChI=1S/C15H24N2O4S/c1-15(2,3)14(18)17-12-6-8-13(9-7-12)22(19,20)16-10-5-11-21-4/h6-9,16H,5,10-11H2,1-4H3,(H,17,18). The van der Waals surface area contributed by atoms with Gasteiger partial charge < -0.3 is 10.1 Å². The van der Waals surface area contributed by atoms with Crippen molar-refractivity contribution < 1.29 is 17.9 Å². The lowest BCUT2D eigenvalue weighted by atomic mass is 9.95. The second-order valence-electron chi connectivity index (χ2n) is 5.97. The van der Waals surface area contributed by atoms with Crippen LogP contribution in [-0.2, 0) is 19.6 Å². The number of nitrogens with one attached hydrogen (secondary N) is 2. The fourth-order valence-corrected chi connectivity index (χ4v) is 2.62. The number of benzene rings is 1. The van der Waals surface area contributed by atoms with E-state index in [2.05, 4.69) is 10.0 Å². The topological polar surface area (TPSA) is 84.5 Å². The number of hydrogen-bond acceptors (Lipinski definition) is 4. The molecule has 0 fully saturated rings. The summed E-state index contributed by atoms with van der Waals surface area (Å²) in [6, 6.07) is 6.09. The van der Waals surface area contributed by atoms with Gasteiger partial charge in [0.15, 0.2) is 0 Å². The number of ether oxygens (including phenoxy) is 1. The normalized spacial score (nSPS) is 12.2. The van der Waals surface area contributed by atoms with Gasteiger partial charge in [-0.25, -0.2) is 13.1 Å². The third-order valence-corrected chi connectivity index (χ3v) is 4.40. The molecule has 1 aromatic rings. The molecule has 0 aliphatic heterocycles. The van der Waals surface area contributed by atoms with E-state index < -0.39 is 15.4 Å². The van der Waals surface area contributed by atoms with Gasteiger partial charge in [0.1, 0.15) is 0 Å². The molecule has 0 saturated carbocycles. The summed E-state index contributed by atoms with van der Waals surface area (Å²) in [5.74, 6) is -0.124. The summed E-state index contributed by atoms with van der Waals surface area (Å²) in [5.41, 5.74) is 0.0615. The SMILES string of the molecule is COCCCNS(=O)(=O)c1ccc(NC(=O)C(C)(C)C)cc1. The molecule has 2 N–H and O–H groups in total. The van der Waals surface area contributed by atoms with Crippen LogP contribution < -0.4 is 10.0 Å². The summed E-state index contributed by atoms with van der Waals surface area (Å²) in [6.07, 6.45) is 0.607. The molecule has 0 radical (unpaired) electrons. The predicted molar refractivity (Wildman–Crippen MR) is 86.2 cm³/mol. The molecule has 1 aromatic carbocycles. The van der Waals surface area contributed by atoms with E-state index >= 15 is 0 Å². The van der Waals surface area contributed by atoms with Gasteiger partial charge in [-0.05, 0) is 30.7 Å². The number of rotatable bonds is 7. The Labute approximate surface area is 132 Å². The average molecular weight is 328 g/mol. The molecule has 0 spiro atoms. The van der Waals surface area contributed by atoms with Crippen LogP contribution in [0.4, 0.5) is 5.69 Å². The zero-order chi connectivity index (χ0) is 16.8. The number of hydrogen-bond donors (Lipinski definition) is 2. The third-order valence-electron chi connectivity index (χ3n) is 2.92. The van der Waals surface area contributed by atoms with Gasteiger partial charge in [-0.2, -0.15) is 0 Å². The Balaban J connectivity index is 2.69. The zero-order valence-electron chi connectivity index (χ0n) is 13.5. The number of sulfonamides is 1. The molecule has 7 heteroatoms. The minimum absolute atomic E-state index is 0.124. The van der Waals surface area contributed by atoms with Crippen molar-refractivity contribution in [1.82, 2.24) is 4.72 Å². The van der Waals surface area contributed by atoms with E-state index in [-0.39, 0.29) is 10.8 Å². The smallest absolute Gasteiger partial charge is 0.240 e. The molecule has 0 aliphatic rings. The summed E-state index contributed by atoms with van der Waals surface area (Å²) in [7, 11) is -1.96. The first-order chi connectivity index (χ1) is 10.2. The van der Waals surface area contributed by atoms with Crippen LogP contribution in [0, 0.1) is 5.41 Å². The molecular weight excluding hydrogens is 304 g/mol. The Morgan fingerprint density at radius 1 is 1.18 bits per heavy atom. The van der Waals surface area contributed by atoms with Crippen LogP contribution in [0.2, 0.25) is 0 Å². The van der Waals surface area contributed by atoms with Gasteiger partial charge in [0.25, 0.3) is 0 Å². The van der Waals surface area contributed by atoms with E-state index in [4.69, 9.17) is 4.74 Å². The Morgan fingerprint density at radius 3 is 2.27 bits per heavy atom. The molecule has 0 aromatic heterocycles. The molecule has 0 unspecified atom stereocenters. The lowest BCUT2D eigenvalue weighted by Crippen LogP contribution is -2.28. The van der Waals surface area contributed by atoms with Crippen LogP contribution >= 0.6 is 0 Å². The minimum Gasteiger partial charge on any atom is -0.385 e.